The quantitative estimate of drug-likeness (QED) is 0.666. The summed E-state index contributed by atoms with van der Waals surface area (Å²) in [6.07, 6.45) is 1.23. The first kappa shape index (κ1) is 11.9. The van der Waals surface area contributed by atoms with E-state index in [4.69, 9.17) is 4.74 Å². The lowest BCUT2D eigenvalue weighted by Gasteiger charge is -2.20. The minimum absolute atomic E-state index is 0.0974. The van der Waals surface area contributed by atoms with Crippen LogP contribution < -0.4 is 5.32 Å². The van der Waals surface area contributed by atoms with Crippen LogP contribution in [0.15, 0.2) is 4.99 Å². The van der Waals surface area contributed by atoms with Crippen molar-refractivity contribution < 1.29 is 9.53 Å². The molecule has 0 aromatic carbocycles. The SMILES string of the molecule is CN=C[C@H](C)NC(=O)OC(C)(C)C. The fraction of sp³-hybridized carbons (Fsp3) is 0.778. The van der Waals surface area contributed by atoms with Crippen LogP contribution in [0.25, 0.3) is 0 Å². The Morgan fingerprint density at radius 3 is 2.46 bits per heavy atom. The predicted molar refractivity (Wildman–Crippen MR) is 53.2 cm³/mol. The number of nitrogens with zero attached hydrogens (tertiary/aromatic N) is 1. The van der Waals surface area contributed by atoms with Crippen LogP contribution >= 0.6 is 0 Å². The van der Waals surface area contributed by atoms with Gasteiger partial charge in [-0.2, -0.15) is 0 Å². The van der Waals surface area contributed by atoms with E-state index in [1.54, 1.807) is 13.3 Å². The van der Waals surface area contributed by atoms with Gasteiger partial charge in [-0.15, -0.1) is 0 Å². The molecule has 0 aliphatic heterocycles. The predicted octanol–water partition coefficient (Wildman–Crippen LogP) is 1.60. The number of carbonyl (C=O) groups excluding carboxylic acids is 1. The number of ether oxygens (including phenoxy) is 1. The second-order valence-corrected chi connectivity index (χ2v) is 3.84. The largest absolute Gasteiger partial charge is 0.444 e. The van der Waals surface area contributed by atoms with Crippen molar-refractivity contribution >= 4 is 12.3 Å². The van der Waals surface area contributed by atoms with Crippen LogP contribution in [-0.4, -0.2) is 31.0 Å². The summed E-state index contributed by atoms with van der Waals surface area (Å²) in [6, 6.07) is -0.0974. The van der Waals surface area contributed by atoms with Crippen molar-refractivity contribution in [1.82, 2.24) is 5.32 Å². The van der Waals surface area contributed by atoms with Gasteiger partial charge in [0.1, 0.15) is 5.60 Å². The minimum Gasteiger partial charge on any atom is -0.444 e. The molecule has 0 unspecified atom stereocenters. The topological polar surface area (TPSA) is 50.7 Å². The Balaban J connectivity index is 3.88. The van der Waals surface area contributed by atoms with E-state index in [1.807, 2.05) is 27.7 Å². The molecule has 0 aliphatic carbocycles. The summed E-state index contributed by atoms with van der Waals surface area (Å²) in [5, 5.41) is 2.63. The number of alkyl carbamates (subject to hydrolysis) is 1. The van der Waals surface area contributed by atoms with E-state index in [2.05, 4.69) is 10.3 Å². The van der Waals surface area contributed by atoms with Gasteiger partial charge in [-0.05, 0) is 27.7 Å². The summed E-state index contributed by atoms with van der Waals surface area (Å²) in [6.45, 7) is 7.30. The zero-order valence-corrected chi connectivity index (χ0v) is 8.92. The molecular weight excluding hydrogens is 168 g/mol. The maximum Gasteiger partial charge on any atom is 0.408 e. The van der Waals surface area contributed by atoms with Crippen LogP contribution in [0.5, 0.6) is 0 Å². The lowest BCUT2D eigenvalue weighted by atomic mass is 10.2. The van der Waals surface area contributed by atoms with Crippen LogP contribution in [0.3, 0.4) is 0 Å². The zero-order valence-electron chi connectivity index (χ0n) is 8.92. The average Bonchev–Trinajstić information content (AvgIpc) is 1.81. The van der Waals surface area contributed by atoms with E-state index in [1.165, 1.54) is 0 Å². The van der Waals surface area contributed by atoms with Gasteiger partial charge in [0.2, 0.25) is 0 Å². The highest BCUT2D eigenvalue weighted by Gasteiger charge is 2.16. The maximum absolute atomic E-state index is 11.1. The van der Waals surface area contributed by atoms with E-state index < -0.39 is 11.7 Å². The van der Waals surface area contributed by atoms with Crippen molar-refractivity contribution in [2.75, 3.05) is 7.05 Å². The normalized spacial score (nSPS) is 14.2. The summed E-state index contributed by atoms with van der Waals surface area (Å²) in [4.78, 5) is 14.9. The molecule has 13 heavy (non-hydrogen) atoms. The molecule has 0 bridgehead atoms. The van der Waals surface area contributed by atoms with E-state index in [0.717, 1.165) is 0 Å². The van der Waals surface area contributed by atoms with Gasteiger partial charge in [-0.1, -0.05) is 0 Å². The van der Waals surface area contributed by atoms with Gasteiger partial charge < -0.3 is 10.1 Å². The number of hydrogen-bond acceptors (Lipinski definition) is 3. The average molecular weight is 186 g/mol. The smallest absolute Gasteiger partial charge is 0.408 e. The first-order chi connectivity index (χ1) is 5.85. The van der Waals surface area contributed by atoms with E-state index in [-0.39, 0.29) is 6.04 Å². The highest BCUT2D eigenvalue weighted by molar-refractivity contribution is 5.74. The molecule has 0 saturated carbocycles. The summed E-state index contributed by atoms with van der Waals surface area (Å²) in [7, 11) is 1.66. The standard InChI is InChI=1S/C9H18N2O2/c1-7(6-10-5)11-8(12)13-9(2,3)4/h6-7H,1-5H3,(H,11,12)/t7-/m0/s1. The lowest BCUT2D eigenvalue weighted by molar-refractivity contribution is 0.0522. The molecule has 4 nitrogen and oxygen atoms in total. The van der Waals surface area contributed by atoms with Crippen LogP contribution in [0, 0.1) is 0 Å². The molecule has 1 N–H and O–H groups in total. The Kier molecular flexibility index (Phi) is 4.45. The van der Waals surface area contributed by atoms with Crippen molar-refractivity contribution in [2.24, 2.45) is 4.99 Å². The van der Waals surface area contributed by atoms with Gasteiger partial charge in [0, 0.05) is 13.3 Å². The molecule has 76 valence electrons. The zero-order chi connectivity index (χ0) is 10.5. The Morgan fingerprint density at radius 1 is 1.54 bits per heavy atom. The molecule has 1 amide bonds. The molecule has 0 rings (SSSR count). The Labute approximate surface area is 79.4 Å². The number of rotatable bonds is 2. The highest BCUT2D eigenvalue weighted by atomic mass is 16.6. The molecule has 0 heterocycles. The van der Waals surface area contributed by atoms with Gasteiger partial charge in [-0.25, -0.2) is 4.79 Å². The van der Waals surface area contributed by atoms with Crippen LogP contribution in [-0.2, 0) is 4.74 Å². The molecule has 1 atom stereocenters. The Hall–Kier alpha value is -1.06. The summed E-state index contributed by atoms with van der Waals surface area (Å²) < 4.78 is 5.04. The number of carbonyl (C=O) groups is 1. The molecule has 0 aliphatic rings. The second-order valence-electron chi connectivity index (χ2n) is 3.84. The lowest BCUT2D eigenvalue weighted by Crippen LogP contribution is -2.38. The number of nitrogens with one attached hydrogen (secondary N) is 1. The van der Waals surface area contributed by atoms with Crippen LogP contribution in [0.1, 0.15) is 27.7 Å². The van der Waals surface area contributed by atoms with Gasteiger partial charge >= 0.3 is 6.09 Å². The molecule has 0 aromatic heterocycles. The highest BCUT2D eigenvalue weighted by Crippen LogP contribution is 2.06. The maximum atomic E-state index is 11.1. The first-order valence-electron chi connectivity index (χ1n) is 4.27. The summed E-state index contributed by atoms with van der Waals surface area (Å²) in [5.41, 5.74) is -0.451. The summed E-state index contributed by atoms with van der Waals surface area (Å²) >= 11 is 0. The van der Waals surface area contributed by atoms with Crippen molar-refractivity contribution in [1.29, 1.82) is 0 Å². The molecule has 0 saturated heterocycles. The third-order valence-corrected chi connectivity index (χ3v) is 1.12. The van der Waals surface area contributed by atoms with Gasteiger partial charge in [0.05, 0.1) is 6.04 Å². The molecule has 0 aromatic rings. The van der Waals surface area contributed by atoms with Crippen molar-refractivity contribution in [3.05, 3.63) is 0 Å². The second kappa shape index (κ2) is 4.84. The van der Waals surface area contributed by atoms with Crippen LogP contribution in [0.4, 0.5) is 4.79 Å². The molecule has 0 radical (unpaired) electrons. The van der Waals surface area contributed by atoms with E-state index in [9.17, 15) is 4.79 Å². The Morgan fingerprint density at radius 2 is 2.08 bits per heavy atom. The third kappa shape index (κ3) is 7.31. The number of aliphatic imine (C=N–C) groups is 1. The monoisotopic (exact) mass is 186 g/mol. The van der Waals surface area contributed by atoms with Crippen molar-refractivity contribution in [3.63, 3.8) is 0 Å². The molecular formula is C9H18N2O2. The van der Waals surface area contributed by atoms with Crippen molar-refractivity contribution in [3.8, 4) is 0 Å². The fourth-order valence-corrected chi connectivity index (χ4v) is 0.754. The summed E-state index contributed by atoms with van der Waals surface area (Å²) in [5.74, 6) is 0. The van der Waals surface area contributed by atoms with Gasteiger partial charge in [0.25, 0.3) is 0 Å². The first-order valence-corrected chi connectivity index (χ1v) is 4.27. The molecule has 0 fully saturated rings. The molecule has 4 heteroatoms. The van der Waals surface area contributed by atoms with Gasteiger partial charge in [-0.3, -0.25) is 4.99 Å². The Bertz CT molecular complexity index is 194. The van der Waals surface area contributed by atoms with Gasteiger partial charge in [0.15, 0.2) is 0 Å². The van der Waals surface area contributed by atoms with Crippen LogP contribution in [0.2, 0.25) is 0 Å². The minimum atomic E-state index is -0.451. The number of amides is 1. The third-order valence-electron chi connectivity index (χ3n) is 1.12. The van der Waals surface area contributed by atoms with E-state index >= 15 is 0 Å². The fourth-order valence-electron chi connectivity index (χ4n) is 0.754. The number of hydrogen-bond donors (Lipinski definition) is 1. The van der Waals surface area contributed by atoms with Crippen molar-refractivity contribution in [2.45, 2.75) is 39.3 Å². The van der Waals surface area contributed by atoms with E-state index in [0.29, 0.717) is 0 Å². The molecule has 0 spiro atoms.